The van der Waals surface area contributed by atoms with Crippen LogP contribution in [0.15, 0.2) is 24.3 Å². The number of sulfonamides is 1. The number of carbonyl (C=O) groups is 2. The molecule has 0 heterocycles. The second-order valence-corrected chi connectivity index (χ2v) is 7.50. The van der Waals surface area contributed by atoms with Crippen LogP contribution in [0, 0.1) is 0 Å². The third-order valence-electron chi connectivity index (χ3n) is 3.64. The average Bonchev–Trinajstić information content (AvgIpc) is 2.46. The summed E-state index contributed by atoms with van der Waals surface area (Å²) in [6.45, 7) is 5.34. The van der Waals surface area contributed by atoms with E-state index < -0.39 is 10.0 Å². The summed E-state index contributed by atoms with van der Waals surface area (Å²) in [4.78, 5) is 23.2. The van der Waals surface area contributed by atoms with Gasteiger partial charge in [0.25, 0.3) is 0 Å². The fourth-order valence-electron chi connectivity index (χ4n) is 2.14. The van der Waals surface area contributed by atoms with Crippen molar-refractivity contribution in [2.75, 3.05) is 18.1 Å². The molecule has 1 N–H and O–H groups in total. The lowest BCUT2D eigenvalue weighted by Gasteiger charge is -2.25. The predicted octanol–water partition coefficient (Wildman–Crippen LogP) is 2.28. The average molecular weight is 340 g/mol. The summed E-state index contributed by atoms with van der Waals surface area (Å²) in [5.74, 6) is -0.308. The Morgan fingerprint density at radius 3 is 2.22 bits per heavy atom. The third kappa shape index (κ3) is 6.11. The standard InChI is InChI=1S/C16H24N2O4S/c1-5-12(2)18(23(4,21)22)11-10-16(20)17-15-8-6-14(7-9-15)13(3)19/h6-9,12H,5,10-11H2,1-4H3,(H,17,20). The molecular weight excluding hydrogens is 316 g/mol. The lowest BCUT2D eigenvalue weighted by Crippen LogP contribution is -2.39. The maximum atomic E-state index is 12.0. The lowest BCUT2D eigenvalue weighted by molar-refractivity contribution is -0.116. The maximum absolute atomic E-state index is 12.0. The van der Waals surface area contributed by atoms with Gasteiger partial charge in [0.05, 0.1) is 6.26 Å². The first-order valence-electron chi connectivity index (χ1n) is 7.52. The molecule has 0 saturated carbocycles. The Morgan fingerprint density at radius 1 is 1.22 bits per heavy atom. The third-order valence-corrected chi connectivity index (χ3v) is 5.04. The van der Waals surface area contributed by atoms with E-state index in [0.29, 0.717) is 17.7 Å². The zero-order chi connectivity index (χ0) is 17.6. The van der Waals surface area contributed by atoms with Crippen molar-refractivity contribution in [2.24, 2.45) is 0 Å². The molecule has 0 aromatic heterocycles. The van der Waals surface area contributed by atoms with E-state index in [-0.39, 0.29) is 30.7 Å². The first-order chi connectivity index (χ1) is 10.6. The Labute approximate surface area is 137 Å². The van der Waals surface area contributed by atoms with E-state index in [9.17, 15) is 18.0 Å². The number of carbonyl (C=O) groups excluding carboxylic acids is 2. The van der Waals surface area contributed by atoms with Crippen molar-refractivity contribution in [1.82, 2.24) is 4.31 Å². The van der Waals surface area contributed by atoms with E-state index in [4.69, 9.17) is 0 Å². The van der Waals surface area contributed by atoms with Gasteiger partial charge in [-0.15, -0.1) is 0 Å². The van der Waals surface area contributed by atoms with Gasteiger partial charge in [-0.2, -0.15) is 4.31 Å². The largest absolute Gasteiger partial charge is 0.326 e. The van der Waals surface area contributed by atoms with E-state index in [1.165, 1.54) is 11.2 Å². The van der Waals surface area contributed by atoms with Crippen LogP contribution < -0.4 is 5.32 Å². The Kier molecular flexibility index (Phi) is 6.90. The highest BCUT2D eigenvalue weighted by Gasteiger charge is 2.22. The summed E-state index contributed by atoms with van der Waals surface area (Å²) in [5.41, 5.74) is 1.15. The van der Waals surface area contributed by atoms with Gasteiger partial charge in [0.15, 0.2) is 5.78 Å². The number of nitrogens with one attached hydrogen (secondary N) is 1. The molecule has 0 fully saturated rings. The summed E-state index contributed by atoms with van der Waals surface area (Å²) >= 11 is 0. The van der Waals surface area contributed by atoms with E-state index >= 15 is 0 Å². The molecule has 0 bridgehead atoms. The highest BCUT2D eigenvalue weighted by Crippen LogP contribution is 2.12. The highest BCUT2D eigenvalue weighted by atomic mass is 32.2. The summed E-state index contributed by atoms with van der Waals surface area (Å²) < 4.78 is 24.9. The maximum Gasteiger partial charge on any atom is 0.225 e. The molecule has 7 heteroatoms. The minimum absolute atomic E-state index is 0.0415. The van der Waals surface area contributed by atoms with Gasteiger partial charge in [-0.25, -0.2) is 8.42 Å². The van der Waals surface area contributed by atoms with Gasteiger partial charge in [-0.05, 0) is 44.5 Å². The van der Waals surface area contributed by atoms with Crippen LogP contribution in [0.25, 0.3) is 0 Å². The number of amides is 1. The van der Waals surface area contributed by atoms with Gasteiger partial charge < -0.3 is 5.32 Å². The molecule has 1 atom stereocenters. The monoisotopic (exact) mass is 340 g/mol. The minimum atomic E-state index is -3.34. The molecule has 1 amide bonds. The number of hydrogen-bond donors (Lipinski definition) is 1. The molecular formula is C16H24N2O4S. The molecule has 0 radical (unpaired) electrons. The molecule has 128 valence electrons. The van der Waals surface area contributed by atoms with Crippen LogP contribution in [0.4, 0.5) is 5.69 Å². The molecule has 0 aliphatic carbocycles. The second-order valence-electron chi connectivity index (χ2n) is 5.56. The van der Waals surface area contributed by atoms with E-state index in [1.54, 1.807) is 24.3 Å². The van der Waals surface area contributed by atoms with Crippen LogP contribution in [0.1, 0.15) is 44.0 Å². The molecule has 1 aromatic rings. The number of benzene rings is 1. The molecule has 1 rings (SSSR count). The molecule has 1 unspecified atom stereocenters. The van der Waals surface area contributed by atoms with E-state index in [1.807, 2.05) is 13.8 Å². The fraction of sp³-hybridized carbons (Fsp3) is 0.500. The van der Waals surface area contributed by atoms with Crippen molar-refractivity contribution in [3.8, 4) is 0 Å². The SMILES string of the molecule is CCC(C)N(CCC(=O)Nc1ccc(C(C)=O)cc1)S(C)(=O)=O. The molecule has 1 aromatic carbocycles. The summed E-state index contributed by atoms with van der Waals surface area (Å²) in [6, 6.07) is 6.43. The molecule has 0 aliphatic rings. The Morgan fingerprint density at radius 2 is 1.78 bits per heavy atom. The van der Waals surface area contributed by atoms with Crippen molar-refractivity contribution in [1.29, 1.82) is 0 Å². The number of rotatable bonds is 8. The Bertz CT molecular complexity index is 653. The second kappa shape index (κ2) is 8.21. The van der Waals surface area contributed by atoms with E-state index in [0.717, 1.165) is 6.26 Å². The molecule has 0 aliphatic heterocycles. The van der Waals surface area contributed by atoms with Gasteiger partial charge in [-0.3, -0.25) is 9.59 Å². The van der Waals surface area contributed by atoms with Crippen molar-refractivity contribution in [3.63, 3.8) is 0 Å². The minimum Gasteiger partial charge on any atom is -0.326 e. The van der Waals surface area contributed by atoms with Crippen LogP contribution >= 0.6 is 0 Å². The first-order valence-corrected chi connectivity index (χ1v) is 9.37. The summed E-state index contributed by atoms with van der Waals surface area (Å²) in [7, 11) is -3.34. The topological polar surface area (TPSA) is 83.6 Å². The zero-order valence-corrected chi connectivity index (χ0v) is 14.8. The molecule has 0 saturated heterocycles. The zero-order valence-electron chi connectivity index (χ0n) is 14.0. The number of ketones is 1. The van der Waals surface area contributed by atoms with Gasteiger partial charge in [0.1, 0.15) is 0 Å². The van der Waals surface area contributed by atoms with Gasteiger partial charge in [0, 0.05) is 30.3 Å². The van der Waals surface area contributed by atoms with Crippen LogP contribution in [0.2, 0.25) is 0 Å². The summed E-state index contributed by atoms with van der Waals surface area (Å²) in [6.07, 6.45) is 1.91. The van der Waals surface area contributed by atoms with Crippen LogP contribution in [0.3, 0.4) is 0 Å². The summed E-state index contributed by atoms with van der Waals surface area (Å²) in [5, 5.41) is 2.70. The Hall–Kier alpha value is -1.73. The number of Topliss-reactive ketones (excluding diaryl/α,β-unsaturated/α-hetero) is 1. The van der Waals surface area contributed by atoms with Gasteiger partial charge in [0.2, 0.25) is 15.9 Å². The van der Waals surface area contributed by atoms with Crippen molar-refractivity contribution in [2.45, 2.75) is 39.7 Å². The van der Waals surface area contributed by atoms with Gasteiger partial charge in [-0.1, -0.05) is 6.92 Å². The van der Waals surface area contributed by atoms with Crippen molar-refractivity contribution >= 4 is 27.4 Å². The number of hydrogen-bond acceptors (Lipinski definition) is 4. The molecule has 6 nitrogen and oxygen atoms in total. The fourth-order valence-corrected chi connectivity index (χ4v) is 3.37. The van der Waals surface area contributed by atoms with Crippen molar-refractivity contribution in [3.05, 3.63) is 29.8 Å². The van der Waals surface area contributed by atoms with Crippen LogP contribution in [-0.4, -0.2) is 43.3 Å². The smallest absolute Gasteiger partial charge is 0.225 e. The first kappa shape index (κ1) is 19.3. The van der Waals surface area contributed by atoms with Gasteiger partial charge >= 0.3 is 0 Å². The highest BCUT2D eigenvalue weighted by molar-refractivity contribution is 7.88. The lowest BCUT2D eigenvalue weighted by atomic mass is 10.1. The normalized spacial score (nSPS) is 12.9. The van der Waals surface area contributed by atoms with Crippen LogP contribution in [0.5, 0.6) is 0 Å². The molecule has 0 spiro atoms. The molecule has 23 heavy (non-hydrogen) atoms. The predicted molar refractivity (Wildman–Crippen MR) is 91.0 cm³/mol. The van der Waals surface area contributed by atoms with Crippen molar-refractivity contribution < 1.29 is 18.0 Å². The quantitative estimate of drug-likeness (QED) is 0.736. The van der Waals surface area contributed by atoms with E-state index in [2.05, 4.69) is 5.32 Å². The Balaban J connectivity index is 2.63. The van der Waals surface area contributed by atoms with Crippen LogP contribution in [-0.2, 0) is 14.8 Å². The number of nitrogens with zero attached hydrogens (tertiary/aromatic N) is 1. The number of anilines is 1.